The van der Waals surface area contributed by atoms with Crippen molar-refractivity contribution in [3.05, 3.63) is 57.8 Å². The fourth-order valence-electron chi connectivity index (χ4n) is 1.69. The standard InChI is InChI=1S/C13H12F2OS/c14-12-2-1-9(7-13(12)15)5-11(16)6-10-3-4-17-8-10/h1-4,7-8,11,16H,5-6H2. The predicted molar refractivity (Wildman–Crippen MR) is 64.1 cm³/mol. The van der Waals surface area contributed by atoms with Gasteiger partial charge in [0.15, 0.2) is 11.6 Å². The van der Waals surface area contributed by atoms with Crippen molar-refractivity contribution in [1.82, 2.24) is 0 Å². The largest absolute Gasteiger partial charge is 0.392 e. The Balaban J connectivity index is 1.98. The molecule has 0 aliphatic rings. The number of aliphatic hydroxyl groups excluding tert-OH is 1. The van der Waals surface area contributed by atoms with E-state index in [9.17, 15) is 13.9 Å². The third kappa shape index (κ3) is 3.35. The Morgan fingerprint density at radius 3 is 2.47 bits per heavy atom. The van der Waals surface area contributed by atoms with Crippen LogP contribution >= 0.6 is 11.3 Å². The van der Waals surface area contributed by atoms with Gasteiger partial charge in [-0.1, -0.05) is 6.07 Å². The van der Waals surface area contributed by atoms with E-state index >= 15 is 0 Å². The lowest BCUT2D eigenvalue weighted by Crippen LogP contribution is -2.13. The molecule has 90 valence electrons. The van der Waals surface area contributed by atoms with Crippen molar-refractivity contribution >= 4 is 11.3 Å². The normalized spacial score (nSPS) is 12.6. The Hall–Kier alpha value is -1.26. The van der Waals surface area contributed by atoms with Gasteiger partial charge >= 0.3 is 0 Å². The zero-order valence-electron chi connectivity index (χ0n) is 9.07. The van der Waals surface area contributed by atoms with Crippen molar-refractivity contribution in [3.63, 3.8) is 0 Å². The first-order valence-corrected chi connectivity index (χ1v) is 6.22. The molecule has 0 saturated heterocycles. The number of rotatable bonds is 4. The lowest BCUT2D eigenvalue weighted by atomic mass is 10.0. The lowest BCUT2D eigenvalue weighted by Gasteiger charge is -2.09. The monoisotopic (exact) mass is 254 g/mol. The molecular weight excluding hydrogens is 242 g/mol. The zero-order chi connectivity index (χ0) is 12.3. The summed E-state index contributed by atoms with van der Waals surface area (Å²) in [6.07, 6.45) is 0.282. The summed E-state index contributed by atoms with van der Waals surface area (Å²) in [5.41, 5.74) is 1.66. The van der Waals surface area contributed by atoms with E-state index in [1.807, 2.05) is 16.8 Å². The van der Waals surface area contributed by atoms with E-state index in [4.69, 9.17) is 0 Å². The Labute approximate surface area is 102 Å². The summed E-state index contributed by atoms with van der Waals surface area (Å²) in [7, 11) is 0. The minimum absolute atomic E-state index is 0.326. The van der Waals surface area contributed by atoms with Crippen molar-refractivity contribution in [3.8, 4) is 0 Å². The topological polar surface area (TPSA) is 20.2 Å². The molecule has 0 fully saturated rings. The SMILES string of the molecule is OC(Cc1ccsc1)Cc1ccc(F)c(F)c1. The van der Waals surface area contributed by atoms with Crippen LogP contribution in [0.3, 0.4) is 0 Å². The summed E-state index contributed by atoms with van der Waals surface area (Å²) in [6, 6.07) is 5.66. The van der Waals surface area contributed by atoms with Crippen molar-refractivity contribution < 1.29 is 13.9 Å². The summed E-state index contributed by atoms with van der Waals surface area (Å²) in [5, 5.41) is 13.7. The van der Waals surface area contributed by atoms with E-state index in [1.165, 1.54) is 6.07 Å². The van der Waals surface area contributed by atoms with Gasteiger partial charge in [0.05, 0.1) is 6.10 Å². The molecule has 0 spiro atoms. The maximum absolute atomic E-state index is 13.0. The minimum atomic E-state index is -0.870. The van der Waals surface area contributed by atoms with E-state index < -0.39 is 17.7 Å². The van der Waals surface area contributed by atoms with Gasteiger partial charge in [-0.3, -0.25) is 0 Å². The molecule has 4 heteroatoms. The third-order valence-electron chi connectivity index (χ3n) is 2.51. The van der Waals surface area contributed by atoms with E-state index in [0.29, 0.717) is 18.4 Å². The Morgan fingerprint density at radius 2 is 1.82 bits per heavy atom. The highest BCUT2D eigenvalue weighted by Crippen LogP contribution is 2.14. The number of hydrogen-bond donors (Lipinski definition) is 1. The van der Waals surface area contributed by atoms with Crippen molar-refractivity contribution in [2.24, 2.45) is 0 Å². The van der Waals surface area contributed by atoms with E-state index in [-0.39, 0.29) is 0 Å². The molecule has 1 nitrogen and oxygen atoms in total. The summed E-state index contributed by atoms with van der Waals surface area (Å²) < 4.78 is 25.7. The number of benzene rings is 1. The van der Waals surface area contributed by atoms with Gasteiger partial charge < -0.3 is 5.11 Å². The fourth-order valence-corrected chi connectivity index (χ4v) is 2.37. The molecular formula is C13H12F2OS. The molecule has 1 unspecified atom stereocenters. The number of aliphatic hydroxyl groups is 1. The maximum Gasteiger partial charge on any atom is 0.159 e. The zero-order valence-corrected chi connectivity index (χ0v) is 9.88. The van der Waals surface area contributed by atoms with Crippen LogP contribution in [-0.2, 0) is 12.8 Å². The number of thiophene rings is 1. The van der Waals surface area contributed by atoms with Crippen LogP contribution < -0.4 is 0 Å². The minimum Gasteiger partial charge on any atom is -0.392 e. The average Bonchev–Trinajstić information content (AvgIpc) is 2.76. The van der Waals surface area contributed by atoms with Gasteiger partial charge in [0.25, 0.3) is 0 Å². The van der Waals surface area contributed by atoms with Crippen LogP contribution in [0.4, 0.5) is 8.78 Å². The first-order chi connectivity index (χ1) is 8.15. The van der Waals surface area contributed by atoms with Crippen LogP contribution in [0.1, 0.15) is 11.1 Å². The van der Waals surface area contributed by atoms with Crippen LogP contribution in [0.15, 0.2) is 35.0 Å². The first kappa shape index (κ1) is 12.2. The van der Waals surface area contributed by atoms with Gasteiger partial charge in [-0.15, -0.1) is 0 Å². The molecule has 1 N–H and O–H groups in total. The number of halogens is 2. The second-order valence-corrected chi connectivity index (χ2v) is 4.72. The van der Waals surface area contributed by atoms with Crippen LogP contribution in [-0.4, -0.2) is 11.2 Å². The lowest BCUT2D eigenvalue weighted by molar-refractivity contribution is 0.175. The number of hydrogen-bond acceptors (Lipinski definition) is 2. The maximum atomic E-state index is 13.0. The first-order valence-electron chi connectivity index (χ1n) is 5.28. The highest BCUT2D eigenvalue weighted by Gasteiger charge is 2.09. The Morgan fingerprint density at radius 1 is 1.06 bits per heavy atom. The van der Waals surface area contributed by atoms with Crippen LogP contribution in [0, 0.1) is 11.6 Å². The molecule has 0 bridgehead atoms. The summed E-state index contributed by atoms with van der Waals surface area (Å²) in [4.78, 5) is 0. The second kappa shape index (κ2) is 5.38. The van der Waals surface area contributed by atoms with Gasteiger partial charge in [0.1, 0.15) is 0 Å². The van der Waals surface area contributed by atoms with Crippen molar-refractivity contribution in [2.75, 3.05) is 0 Å². The second-order valence-electron chi connectivity index (χ2n) is 3.94. The third-order valence-corrected chi connectivity index (χ3v) is 3.24. The van der Waals surface area contributed by atoms with Crippen LogP contribution in [0.2, 0.25) is 0 Å². The van der Waals surface area contributed by atoms with Crippen molar-refractivity contribution in [1.29, 1.82) is 0 Å². The van der Waals surface area contributed by atoms with E-state index in [0.717, 1.165) is 17.7 Å². The summed E-state index contributed by atoms with van der Waals surface area (Å²) in [5.74, 6) is -1.73. The van der Waals surface area contributed by atoms with Gasteiger partial charge in [0.2, 0.25) is 0 Å². The van der Waals surface area contributed by atoms with Gasteiger partial charge in [0, 0.05) is 0 Å². The summed E-state index contributed by atoms with van der Waals surface area (Å²) in [6.45, 7) is 0. The van der Waals surface area contributed by atoms with E-state index in [2.05, 4.69) is 0 Å². The summed E-state index contributed by atoms with van der Waals surface area (Å²) >= 11 is 1.57. The molecule has 1 aromatic heterocycles. The highest BCUT2D eigenvalue weighted by molar-refractivity contribution is 7.07. The van der Waals surface area contributed by atoms with E-state index in [1.54, 1.807) is 11.3 Å². The van der Waals surface area contributed by atoms with Gasteiger partial charge in [-0.05, 0) is 52.9 Å². The predicted octanol–water partition coefficient (Wildman–Crippen LogP) is 3.17. The molecule has 2 rings (SSSR count). The van der Waals surface area contributed by atoms with Gasteiger partial charge in [-0.25, -0.2) is 8.78 Å². The van der Waals surface area contributed by atoms with Gasteiger partial charge in [-0.2, -0.15) is 11.3 Å². The average molecular weight is 254 g/mol. The molecule has 0 saturated carbocycles. The molecule has 0 aliphatic heterocycles. The molecule has 17 heavy (non-hydrogen) atoms. The molecule has 0 radical (unpaired) electrons. The Kier molecular flexibility index (Phi) is 3.86. The Bertz CT molecular complexity index is 482. The fraction of sp³-hybridized carbons (Fsp3) is 0.231. The van der Waals surface area contributed by atoms with Crippen LogP contribution in [0.25, 0.3) is 0 Å². The quantitative estimate of drug-likeness (QED) is 0.888. The molecule has 1 heterocycles. The molecule has 1 aromatic carbocycles. The molecule has 2 aromatic rings. The smallest absolute Gasteiger partial charge is 0.159 e. The molecule has 0 amide bonds. The van der Waals surface area contributed by atoms with Crippen LogP contribution in [0.5, 0.6) is 0 Å². The molecule has 1 atom stereocenters. The van der Waals surface area contributed by atoms with Crippen molar-refractivity contribution in [2.45, 2.75) is 18.9 Å². The highest BCUT2D eigenvalue weighted by atomic mass is 32.1. The molecule has 0 aliphatic carbocycles.